The summed E-state index contributed by atoms with van der Waals surface area (Å²) in [6.45, 7) is 3.61. The standard InChI is InChI=1S/C16H20N2OS/c1-3-9-17-13-8-10-18-14(11-13)12-19-15-4-6-16(20-2)7-5-15/h4-8,10-11H,3,9,12H2,1-2H3,(H,17,18). The Morgan fingerprint density at radius 3 is 2.70 bits per heavy atom. The second-order valence-corrected chi connectivity index (χ2v) is 5.31. The van der Waals surface area contributed by atoms with Crippen LogP contribution in [0.1, 0.15) is 19.0 Å². The first-order valence-corrected chi connectivity index (χ1v) is 8.00. The molecule has 0 amide bonds. The summed E-state index contributed by atoms with van der Waals surface area (Å²) in [6.07, 6.45) is 4.98. The normalized spacial score (nSPS) is 10.3. The van der Waals surface area contributed by atoms with E-state index in [0.29, 0.717) is 6.61 Å². The SMILES string of the molecule is CCCNc1ccnc(COc2ccc(SC)cc2)c1. The van der Waals surface area contributed by atoms with Crippen LogP contribution in [0.4, 0.5) is 5.69 Å². The molecule has 0 aliphatic rings. The van der Waals surface area contributed by atoms with E-state index in [-0.39, 0.29) is 0 Å². The summed E-state index contributed by atoms with van der Waals surface area (Å²) < 4.78 is 5.75. The fourth-order valence-corrected chi connectivity index (χ4v) is 2.17. The number of nitrogens with zero attached hydrogens (tertiary/aromatic N) is 1. The number of nitrogens with one attached hydrogen (secondary N) is 1. The minimum atomic E-state index is 0.486. The van der Waals surface area contributed by atoms with Crippen LogP contribution < -0.4 is 10.1 Å². The van der Waals surface area contributed by atoms with Gasteiger partial charge in [0.25, 0.3) is 0 Å². The van der Waals surface area contributed by atoms with Crippen LogP contribution in [0.15, 0.2) is 47.5 Å². The van der Waals surface area contributed by atoms with Crippen LogP contribution >= 0.6 is 11.8 Å². The van der Waals surface area contributed by atoms with Crippen molar-refractivity contribution in [2.24, 2.45) is 0 Å². The van der Waals surface area contributed by atoms with Gasteiger partial charge >= 0.3 is 0 Å². The summed E-state index contributed by atoms with van der Waals surface area (Å²) in [5.41, 5.74) is 2.03. The van der Waals surface area contributed by atoms with Gasteiger partial charge in [-0.25, -0.2) is 0 Å². The van der Waals surface area contributed by atoms with E-state index in [1.54, 1.807) is 11.8 Å². The lowest BCUT2D eigenvalue weighted by Gasteiger charge is -2.08. The molecular weight excluding hydrogens is 268 g/mol. The molecule has 0 bridgehead atoms. The van der Waals surface area contributed by atoms with Crippen LogP contribution in [-0.2, 0) is 6.61 Å². The Kier molecular flexibility index (Phi) is 5.74. The van der Waals surface area contributed by atoms with E-state index in [0.717, 1.165) is 30.1 Å². The van der Waals surface area contributed by atoms with E-state index in [1.165, 1.54) is 4.90 Å². The van der Waals surface area contributed by atoms with Crippen LogP contribution in [0.2, 0.25) is 0 Å². The summed E-state index contributed by atoms with van der Waals surface area (Å²) in [6, 6.07) is 12.1. The summed E-state index contributed by atoms with van der Waals surface area (Å²) in [5, 5.41) is 3.35. The van der Waals surface area contributed by atoms with E-state index in [2.05, 4.69) is 35.6 Å². The average Bonchev–Trinajstić information content (AvgIpc) is 2.52. The Hall–Kier alpha value is -1.68. The maximum absolute atomic E-state index is 5.75. The minimum absolute atomic E-state index is 0.486. The highest BCUT2D eigenvalue weighted by Crippen LogP contribution is 2.20. The third-order valence-electron chi connectivity index (χ3n) is 2.84. The molecule has 1 aromatic heterocycles. The maximum atomic E-state index is 5.75. The number of aromatic nitrogens is 1. The summed E-state index contributed by atoms with van der Waals surface area (Å²) in [4.78, 5) is 5.56. The number of anilines is 1. The van der Waals surface area contributed by atoms with Crippen molar-refractivity contribution < 1.29 is 4.74 Å². The number of benzene rings is 1. The first-order valence-electron chi connectivity index (χ1n) is 6.77. The maximum Gasteiger partial charge on any atom is 0.130 e. The Labute approximate surface area is 124 Å². The molecule has 0 unspecified atom stereocenters. The lowest BCUT2D eigenvalue weighted by atomic mass is 10.3. The van der Waals surface area contributed by atoms with Gasteiger partial charge < -0.3 is 10.1 Å². The fourth-order valence-electron chi connectivity index (χ4n) is 1.77. The molecule has 4 heteroatoms. The highest BCUT2D eigenvalue weighted by atomic mass is 32.2. The van der Waals surface area contributed by atoms with Gasteiger partial charge in [0, 0.05) is 23.3 Å². The molecule has 2 aromatic rings. The van der Waals surface area contributed by atoms with Crippen LogP contribution in [0.3, 0.4) is 0 Å². The van der Waals surface area contributed by atoms with Crippen molar-refractivity contribution in [3.63, 3.8) is 0 Å². The van der Waals surface area contributed by atoms with Crippen molar-refractivity contribution in [3.05, 3.63) is 48.3 Å². The number of rotatable bonds is 7. The van der Waals surface area contributed by atoms with Gasteiger partial charge in [-0.05, 0) is 49.1 Å². The zero-order valence-corrected chi connectivity index (χ0v) is 12.7. The van der Waals surface area contributed by atoms with Crippen molar-refractivity contribution in [1.29, 1.82) is 0 Å². The smallest absolute Gasteiger partial charge is 0.130 e. The van der Waals surface area contributed by atoms with Crippen molar-refractivity contribution in [3.8, 4) is 5.75 Å². The Bertz CT molecular complexity index is 528. The molecule has 106 valence electrons. The van der Waals surface area contributed by atoms with E-state index < -0.39 is 0 Å². The summed E-state index contributed by atoms with van der Waals surface area (Å²) >= 11 is 1.73. The molecule has 3 nitrogen and oxygen atoms in total. The highest BCUT2D eigenvalue weighted by Gasteiger charge is 1.99. The summed E-state index contributed by atoms with van der Waals surface area (Å²) in [5.74, 6) is 0.872. The monoisotopic (exact) mass is 288 g/mol. The topological polar surface area (TPSA) is 34.2 Å². The molecule has 0 saturated heterocycles. The van der Waals surface area contributed by atoms with E-state index in [9.17, 15) is 0 Å². The molecule has 1 N–H and O–H groups in total. The molecule has 1 aromatic carbocycles. The van der Waals surface area contributed by atoms with Crippen LogP contribution in [0.5, 0.6) is 5.75 Å². The number of pyridine rings is 1. The van der Waals surface area contributed by atoms with E-state index in [4.69, 9.17) is 4.74 Å². The van der Waals surface area contributed by atoms with Crippen molar-refractivity contribution >= 4 is 17.4 Å². The lowest BCUT2D eigenvalue weighted by molar-refractivity contribution is 0.301. The Balaban J connectivity index is 1.92. The predicted octanol–water partition coefficient (Wildman–Crippen LogP) is 4.20. The van der Waals surface area contributed by atoms with Gasteiger partial charge in [0.2, 0.25) is 0 Å². The quantitative estimate of drug-likeness (QED) is 0.774. The molecular formula is C16H20N2OS. The Morgan fingerprint density at radius 2 is 2.00 bits per heavy atom. The lowest BCUT2D eigenvalue weighted by Crippen LogP contribution is -2.03. The van der Waals surface area contributed by atoms with Gasteiger partial charge in [0.15, 0.2) is 0 Å². The van der Waals surface area contributed by atoms with Crippen LogP contribution in [-0.4, -0.2) is 17.8 Å². The summed E-state index contributed by atoms with van der Waals surface area (Å²) in [7, 11) is 0. The second-order valence-electron chi connectivity index (χ2n) is 4.43. The number of ether oxygens (including phenoxy) is 1. The van der Waals surface area contributed by atoms with Crippen molar-refractivity contribution in [2.45, 2.75) is 24.8 Å². The van der Waals surface area contributed by atoms with Gasteiger partial charge in [0.05, 0.1) is 5.69 Å². The number of hydrogen-bond acceptors (Lipinski definition) is 4. The van der Waals surface area contributed by atoms with Gasteiger partial charge in [-0.2, -0.15) is 0 Å². The van der Waals surface area contributed by atoms with E-state index in [1.807, 2.05) is 30.5 Å². The molecule has 0 fully saturated rings. The molecule has 0 spiro atoms. The number of hydrogen-bond donors (Lipinski definition) is 1. The van der Waals surface area contributed by atoms with Crippen molar-refractivity contribution in [2.75, 3.05) is 18.1 Å². The molecule has 20 heavy (non-hydrogen) atoms. The fraction of sp³-hybridized carbons (Fsp3) is 0.312. The largest absolute Gasteiger partial charge is 0.487 e. The van der Waals surface area contributed by atoms with E-state index >= 15 is 0 Å². The molecule has 0 radical (unpaired) electrons. The predicted molar refractivity (Wildman–Crippen MR) is 85.6 cm³/mol. The van der Waals surface area contributed by atoms with Gasteiger partial charge in [-0.1, -0.05) is 6.92 Å². The first-order chi connectivity index (χ1) is 9.81. The number of thioether (sulfide) groups is 1. The van der Waals surface area contributed by atoms with Gasteiger partial charge in [0.1, 0.15) is 12.4 Å². The second kappa shape index (κ2) is 7.80. The highest BCUT2D eigenvalue weighted by molar-refractivity contribution is 7.98. The first kappa shape index (κ1) is 14.7. The van der Waals surface area contributed by atoms with Crippen LogP contribution in [0, 0.1) is 0 Å². The van der Waals surface area contributed by atoms with Crippen LogP contribution in [0.25, 0.3) is 0 Å². The van der Waals surface area contributed by atoms with Gasteiger partial charge in [-0.3, -0.25) is 4.98 Å². The molecule has 0 atom stereocenters. The Morgan fingerprint density at radius 1 is 1.20 bits per heavy atom. The third kappa shape index (κ3) is 4.46. The molecule has 0 saturated carbocycles. The van der Waals surface area contributed by atoms with Crippen molar-refractivity contribution in [1.82, 2.24) is 4.98 Å². The average molecular weight is 288 g/mol. The molecule has 0 aliphatic heterocycles. The zero-order chi connectivity index (χ0) is 14.2. The van der Waals surface area contributed by atoms with Gasteiger partial charge in [-0.15, -0.1) is 11.8 Å². The molecule has 0 aliphatic carbocycles. The zero-order valence-electron chi connectivity index (χ0n) is 11.9. The molecule has 2 rings (SSSR count). The molecule has 1 heterocycles. The third-order valence-corrected chi connectivity index (χ3v) is 3.59. The minimum Gasteiger partial charge on any atom is -0.487 e.